The fourth-order valence-electron chi connectivity index (χ4n) is 6.96. The van der Waals surface area contributed by atoms with Crippen LogP contribution in [-0.2, 0) is 41.8 Å². The van der Waals surface area contributed by atoms with Gasteiger partial charge in [0.1, 0.15) is 43.2 Å². The molecule has 0 amide bonds. The van der Waals surface area contributed by atoms with E-state index in [0.29, 0.717) is 12.8 Å². The Balaban J connectivity index is 2.71. The summed E-state index contributed by atoms with van der Waals surface area (Å²) in [7, 11) is -10.8. The van der Waals surface area contributed by atoms with Crippen molar-refractivity contribution in [1.82, 2.24) is 0 Å². The van der Waals surface area contributed by atoms with Crippen LogP contribution in [0.4, 0.5) is 0 Å². The van der Waals surface area contributed by atoms with E-state index in [9.17, 15) is 64.0 Å². The first-order valence-electron chi connectivity index (χ1n) is 24.6. The molecule has 0 spiro atoms. The lowest BCUT2D eigenvalue weighted by Gasteiger charge is -2.43. The van der Waals surface area contributed by atoms with Gasteiger partial charge >= 0.3 is 27.6 Å². The van der Waals surface area contributed by atoms with E-state index in [2.05, 4.69) is 73.1 Å². The van der Waals surface area contributed by atoms with Crippen LogP contribution >= 0.6 is 15.6 Å². The van der Waals surface area contributed by atoms with Gasteiger partial charge in [-0.05, 0) is 89.9 Å². The summed E-state index contributed by atoms with van der Waals surface area (Å²) in [4.78, 5) is 54.4. The van der Waals surface area contributed by atoms with Crippen LogP contribution < -0.4 is 0 Å². The molecule has 398 valence electrons. The summed E-state index contributed by atoms with van der Waals surface area (Å²) in [5.74, 6) is -1.52. The summed E-state index contributed by atoms with van der Waals surface area (Å²) in [6.07, 6.45) is 24.2. The molecule has 69 heavy (non-hydrogen) atoms. The summed E-state index contributed by atoms with van der Waals surface area (Å²) >= 11 is 0. The molecule has 1 saturated carbocycles. The lowest BCUT2D eigenvalue weighted by molar-refractivity contribution is -0.216. The fourth-order valence-corrected chi connectivity index (χ4v) is 8.50. The Morgan fingerprint density at radius 1 is 0.522 bits per heavy atom. The molecule has 1 aliphatic carbocycles. The average Bonchev–Trinajstić information content (AvgIpc) is 3.30. The lowest BCUT2D eigenvalue weighted by Crippen LogP contribution is -2.64. The number of carbonyl (C=O) groups is 2. The van der Waals surface area contributed by atoms with Crippen molar-refractivity contribution < 1.29 is 87.1 Å². The summed E-state index contributed by atoms with van der Waals surface area (Å²) in [6, 6.07) is 0. The first-order chi connectivity index (χ1) is 32.9. The van der Waals surface area contributed by atoms with Crippen molar-refractivity contribution in [3.63, 3.8) is 0 Å². The third-order valence-electron chi connectivity index (χ3n) is 11.0. The van der Waals surface area contributed by atoms with Crippen molar-refractivity contribution in [3.05, 3.63) is 72.9 Å². The van der Waals surface area contributed by atoms with Gasteiger partial charge in [-0.3, -0.25) is 23.2 Å². The van der Waals surface area contributed by atoms with E-state index >= 15 is 0 Å². The predicted octanol–water partition coefficient (Wildman–Crippen LogP) is 7.56. The number of hydrogen-bond acceptors (Lipinski definition) is 15. The van der Waals surface area contributed by atoms with Crippen LogP contribution in [0.5, 0.6) is 0 Å². The van der Waals surface area contributed by atoms with Crippen LogP contribution in [0.1, 0.15) is 155 Å². The number of carbonyl (C=O) groups excluding carboxylic acids is 2. The highest BCUT2D eigenvalue weighted by molar-refractivity contribution is 7.47. The van der Waals surface area contributed by atoms with E-state index < -0.39 is 95.7 Å². The van der Waals surface area contributed by atoms with E-state index in [1.54, 1.807) is 6.08 Å². The quantitative estimate of drug-likeness (QED) is 0.0124. The van der Waals surface area contributed by atoms with E-state index in [0.717, 1.165) is 57.8 Å². The predicted molar refractivity (Wildman–Crippen MR) is 262 cm³/mol. The van der Waals surface area contributed by atoms with Gasteiger partial charge in [-0.1, -0.05) is 125 Å². The summed E-state index contributed by atoms with van der Waals surface area (Å²) in [5, 5.41) is 62.2. The Bertz CT molecular complexity index is 1640. The van der Waals surface area contributed by atoms with Gasteiger partial charge in [-0.25, -0.2) is 9.13 Å². The highest BCUT2D eigenvalue weighted by atomic mass is 31.2. The van der Waals surface area contributed by atoms with E-state index in [1.165, 1.54) is 38.5 Å². The van der Waals surface area contributed by atoms with Crippen LogP contribution in [0, 0.1) is 0 Å². The van der Waals surface area contributed by atoms with Gasteiger partial charge in [0.15, 0.2) is 6.10 Å². The second-order valence-corrected chi connectivity index (χ2v) is 19.7. The van der Waals surface area contributed by atoms with Crippen LogP contribution in [-0.4, -0.2) is 125 Å². The van der Waals surface area contributed by atoms with Crippen LogP contribution in [0.15, 0.2) is 72.9 Å². The standard InChI is InChI=1S/C49H84O18P2/c1-3-5-7-9-11-13-15-17-18-19-20-21-23-25-27-29-31-35-42(52)63-37-39(38-64-69(61,62)67-49-46(56)44(54)45(55)48(47(49)57)66-68(58,59)60)65-43(53)36-32-34-41(51)40(50)33-30-28-26-24-22-16-14-12-10-8-6-4-2/h11-14,17-18,20-22,24,28,30,39-41,44-51,54-57H,3-10,15-16,19,23,25-27,29,31-38H2,1-2H3,(H,61,62)(H2,58,59,60)/b13-11-,14-12-,18-17-,21-20-,24-22-,30-28-/t39-,40?,41?,44?,45?,46?,47?,48-,49+/m1/s1. The zero-order chi connectivity index (χ0) is 51.3. The number of phosphoric ester groups is 2. The number of hydrogen-bond donors (Lipinski definition) is 9. The number of aliphatic hydroxyl groups is 6. The van der Waals surface area contributed by atoms with Gasteiger partial charge in [0.25, 0.3) is 0 Å². The highest BCUT2D eigenvalue weighted by Crippen LogP contribution is 2.49. The molecule has 1 aliphatic rings. The van der Waals surface area contributed by atoms with Crippen molar-refractivity contribution in [2.75, 3.05) is 13.2 Å². The third-order valence-corrected chi connectivity index (χ3v) is 12.5. The van der Waals surface area contributed by atoms with E-state index in [-0.39, 0.29) is 32.1 Å². The number of esters is 2. The van der Waals surface area contributed by atoms with Gasteiger partial charge in [0.2, 0.25) is 0 Å². The Labute approximate surface area is 409 Å². The summed E-state index contributed by atoms with van der Waals surface area (Å²) in [5.41, 5.74) is 0. The number of ether oxygens (including phenoxy) is 2. The van der Waals surface area contributed by atoms with Crippen LogP contribution in [0.25, 0.3) is 0 Å². The minimum atomic E-state index is -5.41. The molecule has 10 atom stereocenters. The molecule has 1 fully saturated rings. The number of aliphatic hydroxyl groups excluding tert-OH is 6. The van der Waals surface area contributed by atoms with E-state index in [1.807, 2.05) is 12.2 Å². The monoisotopic (exact) mass is 1020 g/mol. The molecule has 1 rings (SSSR count). The smallest absolute Gasteiger partial charge is 0.462 e. The number of unbranched alkanes of at least 4 members (excludes halogenated alkanes) is 10. The molecule has 0 heterocycles. The molecule has 9 N–H and O–H groups in total. The first kappa shape index (κ1) is 64.4. The van der Waals surface area contributed by atoms with Crippen LogP contribution in [0.3, 0.4) is 0 Å². The Morgan fingerprint density at radius 2 is 0.986 bits per heavy atom. The summed E-state index contributed by atoms with van der Waals surface area (Å²) < 4.78 is 49.2. The number of rotatable bonds is 40. The second-order valence-electron chi connectivity index (χ2n) is 17.1. The third kappa shape index (κ3) is 32.9. The Kier molecular flexibility index (Phi) is 36.3. The van der Waals surface area contributed by atoms with Gasteiger partial charge in [0.05, 0.1) is 18.8 Å². The minimum absolute atomic E-state index is 0.0226. The second kappa shape index (κ2) is 39.0. The topological polar surface area (TPSA) is 296 Å². The molecular weight excluding hydrogens is 938 g/mol. The molecular formula is C49H84O18P2. The van der Waals surface area contributed by atoms with Crippen LogP contribution in [0.2, 0.25) is 0 Å². The normalized spacial score (nSPS) is 22.7. The van der Waals surface area contributed by atoms with Crippen molar-refractivity contribution in [1.29, 1.82) is 0 Å². The molecule has 7 unspecified atom stereocenters. The molecule has 20 heteroatoms. The SMILES string of the molecule is CCCCC/C=C\C/C=C\C/C=C\CCCCCCC(=O)OC[C@H](COP(=O)(O)O[C@H]1C(O)C(O)C(O)[C@@H](OP(=O)(O)O)C1O)OC(=O)CCCC(O)C(O)C/C=C\C/C=C\C/C=C\CCCCC. The highest BCUT2D eigenvalue weighted by Gasteiger charge is 2.54. The van der Waals surface area contributed by atoms with Gasteiger partial charge in [-0.2, -0.15) is 0 Å². The van der Waals surface area contributed by atoms with Crippen molar-refractivity contribution >= 4 is 27.6 Å². The van der Waals surface area contributed by atoms with Crippen molar-refractivity contribution in [3.8, 4) is 0 Å². The number of phosphoric acid groups is 2. The Morgan fingerprint density at radius 3 is 1.51 bits per heavy atom. The van der Waals surface area contributed by atoms with E-state index in [4.69, 9.17) is 18.5 Å². The maximum Gasteiger partial charge on any atom is 0.472 e. The van der Waals surface area contributed by atoms with Gasteiger partial charge in [0, 0.05) is 12.8 Å². The minimum Gasteiger partial charge on any atom is -0.462 e. The number of allylic oxidation sites excluding steroid dienone is 11. The zero-order valence-electron chi connectivity index (χ0n) is 40.7. The van der Waals surface area contributed by atoms with Crippen molar-refractivity contribution in [2.45, 2.75) is 210 Å². The van der Waals surface area contributed by atoms with Gasteiger partial charge in [-0.15, -0.1) is 0 Å². The molecule has 0 bridgehead atoms. The molecule has 0 aromatic heterocycles. The molecule has 0 aromatic carbocycles. The maximum absolute atomic E-state index is 13.0. The average molecular weight is 1020 g/mol. The zero-order valence-corrected chi connectivity index (χ0v) is 42.5. The Hall–Kier alpha value is -2.64. The van der Waals surface area contributed by atoms with Crippen molar-refractivity contribution in [2.24, 2.45) is 0 Å². The molecule has 0 saturated heterocycles. The largest absolute Gasteiger partial charge is 0.472 e. The lowest BCUT2D eigenvalue weighted by atomic mass is 9.85. The summed E-state index contributed by atoms with van der Waals surface area (Å²) in [6.45, 7) is 2.79. The molecule has 0 aromatic rings. The molecule has 0 radical (unpaired) electrons. The first-order valence-corrected chi connectivity index (χ1v) is 27.7. The molecule has 0 aliphatic heterocycles. The maximum atomic E-state index is 13.0. The van der Waals surface area contributed by atoms with Gasteiger partial charge < -0.3 is 54.8 Å². The molecule has 18 nitrogen and oxygen atoms in total. The fraction of sp³-hybridized carbons (Fsp3) is 0.714.